The van der Waals surface area contributed by atoms with Crippen molar-refractivity contribution in [1.29, 1.82) is 0 Å². The molecule has 5 nitrogen and oxygen atoms in total. The van der Waals surface area contributed by atoms with Crippen molar-refractivity contribution in [2.75, 3.05) is 0 Å². The lowest BCUT2D eigenvalue weighted by Gasteiger charge is -2.20. The van der Waals surface area contributed by atoms with Gasteiger partial charge in [0.2, 0.25) is 10.0 Å². The van der Waals surface area contributed by atoms with Crippen LogP contribution in [0.15, 0.2) is 30.3 Å². The Morgan fingerprint density at radius 1 is 1.24 bits per heavy atom. The maximum Gasteiger partial charge on any atom is 0.322 e. The summed E-state index contributed by atoms with van der Waals surface area (Å²) in [5.74, 6) is -1.16. The first kappa shape index (κ1) is 17.7. The third kappa shape index (κ3) is 5.47. The summed E-state index contributed by atoms with van der Waals surface area (Å²) in [5.41, 5.74) is 0.788. The van der Waals surface area contributed by atoms with E-state index in [9.17, 15) is 18.3 Å². The van der Waals surface area contributed by atoms with Crippen LogP contribution >= 0.6 is 0 Å². The average molecular weight is 313 g/mol. The van der Waals surface area contributed by atoms with Crippen LogP contribution in [0, 0.1) is 0 Å². The highest BCUT2D eigenvalue weighted by Gasteiger charge is 2.29. The van der Waals surface area contributed by atoms with Gasteiger partial charge in [0, 0.05) is 0 Å². The highest BCUT2D eigenvalue weighted by atomic mass is 32.2. The first-order valence-electron chi connectivity index (χ1n) is 7.18. The van der Waals surface area contributed by atoms with Crippen LogP contribution < -0.4 is 4.72 Å². The Balaban J connectivity index is 2.85. The Kier molecular flexibility index (Phi) is 6.84. The van der Waals surface area contributed by atoms with E-state index in [0.717, 1.165) is 12.0 Å². The lowest BCUT2D eigenvalue weighted by atomic mass is 10.1. The van der Waals surface area contributed by atoms with Gasteiger partial charge in [-0.15, -0.1) is 0 Å². The normalized spacial score (nSPS) is 14.6. The third-order valence-electron chi connectivity index (χ3n) is 3.39. The number of carbonyl (C=O) groups is 1. The van der Waals surface area contributed by atoms with Crippen LogP contribution in [0.25, 0.3) is 0 Å². The van der Waals surface area contributed by atoms with Crippen molar-refractivity contribution in [3.63, 3.8) is 0 Å². The minimum absolute atomic E-state index is 0.137. The molecule has 0 saturated heterocycles. The van der Waals surface area contributed by atoms with Gasteiger partial charge in [0.15, 0.2) is 0 Å². The van der Waals surface area contributed by atoms with E-state index in [1.54, 1.807) is 31.2 Å². The second-order valence-corrected chi connectivity index (χ2v) is 7.05. The van der Waals surface area contributed by atoms with Crippen LogP contribution in [0.2, 0.25) is 0 Å². The molecule has 0 aliphatic heterocycles. The summed E-state index contributed by atoms with van der Waals surface area (Å²) < 4.78 is 26.9. The number of carboxylic acids is 1. The molecule has 0 radical (unpaired) electrons. The molecule has 0 aliphatic carbocycles. The molecule has 0 spiro atoms. The zero-order valence-electron chi connectivity index (χ0n) is 12.5. The average Bonchev–Trinajstić information content (AvgIpc) is 2.44. The first-order valence-corrected chi connectivity index (χ1v) is 8.73. The van der Waals surface area contributed by atoms with Gasteiger partial charge in [-0.3, -0.25) is 4.79 Å². The Labute approximate surface area is 126 Å². The van der Waals surface area contributed by atoms with Gasteiger partial charge in [-0.2, -0.15) is 0 Å². The van der Waals surface area contributed by atoms with Crippen molar-refractivity contribution in [3.05, 3.63) is 35.9 Å². The first-order chi connectivity index (χ1) is 9.90. The van der Waals surface area contributed by atoms with Crippen LogP contribution in [0.4, 0.5) is 0 Å². The van der Waals surface area contributed by atoms with Crippen LogP contribution in [-0.2, 0) is 21.2 Å². The van der Waals surface area contributed by atoms with Crippen LogP contribution in [0.1, 0.15) is 38.7 Å². The van der Waals surface area contributed by atoms with E-state index in [0.29, 0.717) is 12.8 Å². The molecular formula is C15H23NO4S. The standard InChI is InChI=1S/C15H23NO4S/c1-3-8-13(4-2)21(19,20)16-14(15(17)18)11-12-9-6-5-7-10-12/h5-7,9-10,13-14,16H,3-4,8,11H2,1-2H3,(H,17,18)/t13?,14-/m1/s1. The molecule has 0 fully saturated rings. The Morgan fingerprint density at radius 3 is 2.33 bits per heavy atom. The van der Waals surface area contributed by atoms with E-state index in [-0.39, 0.29) is 6.42 Å². The van der Waals surface area contributed by atoms with E-state index in [2.05, 4.69) is 4.72 Å². The summed E-state index contributed by atoms with van der Waals surface area (Å²) in [6, 6.07) is 7.87. The number of sulfonamides is 1. The van der Waals surface area contributed by atoms with Crippen LogP contribution in [-0.4, -0.2) is 30.8 Å². The van der Waals surface area contributed by atoms with Gasteiger partial charge >= 0.3 is 5.97 Å². The van der Waals surface area contributed by atoms with Gasteiger partial charge in [0.25, 0.3) is 0 Å². The Morgan fingerprint density at radius 2 is 1.86 bits per heavy atom. The molecule has 0 bridgehead atoms. The summed E-state index contributed by atoms with van der Waals surface area (Å²) in [7, 11) is -3.63. The molecular weight excluding hydrogens is 290 g/mol. The van der Waals surface area contributed by atoms with Gasteiger partial charge in [-0.25, -0.2) is 13.1 Å². The number of hydrogen-bond donors (Lipinski definition) is 2. The number of carboxylic acid groups (broad SMARTS) is 1. The van der Waals surface area contributed by atoms with Crippen LogP contribution in [0.3, 0.4) is 0 Å². The molecule has 2 atom stereocenters. The van der Waals surface area contributed by atoms with Crippen LogP contribution in [0.5, 0.6) is 0 Å². The van der Waals surface area contributed by atoms with E-state index >= 15 is 0 Å². The lowest BCUT2D eigenvalue weighted by molar-refractivity contribution is -0.138. The number of benzene rings is 1. The number of hydrogen-bond acceptors (Lipinski definition) is 3. The van der Waals surface area contributed by atoms with E-state index < -0.39 is 27.3 Å². The molecule has 1 aromatic rings. The predicted octanol–water partition coefficient (Wildman–Crippen LogP) is 2.18. The third-order valence-corrected chi connectivity index (χ3v) is 5.45. The molecule has 0 aliphatic rings. The fraction of sp³-hybridized carbons (Fsp3) is 0.533. The van der Waals surface area contributed by atoms with Crippen molar-refractivity contribution < 1.29 is 18.3 Å². The zero-order chi connectivity index (χ0) is 15.9. The maximum atomic E-state index is 12.3. The number of nitrogens with one attached hydrogen (secondary N) is 1. The number of aliphatic carboxylic acids is 1. The maximum absolute atomic E-state index is 12.3. The monoisotopic (exact) mass is 313 g/mol. The van der Waals surface area contributed by atoms with E-state index in [4.69, 9.17) is 0 Å². The Bertz CT molecular complexity index is 542. The summed E-state index contributed by atoms with van der Waals surface area (Å²) >= 11 is 0. The molecule has 21 heavy (non-hydrogen) atoms. The lowest BCUT2D eigenvalue weighted by Crippen LogP contribution is -2.46. The smallest absolute Gasteiger partial charge is 0.322 e. The summed E-state index contributed by atoms with van der Waals surface area (Å²) in [6.07, 6.45) is 1.89. The summed E-state index contributed by atoms with van der Waals surface area (Å²) in [6.45, 7) is 3.71. The van der Waals surface area contributed by atoms with Gasteiger partial charge in [-0.05, 0) is 24.8 Å². The summed E-state index contributed by atoms with van der Waals surface area (Å²) in [5, 5.41) is 8.71. The molecule has 6 heteroatoms. The molecule has 0 aromatic heterocycles. The molecule has 0 saturated carbocycles. The van der Waals surface area contributed by atoms with Crippen molar-refractivity contribution >= 4 is 16.0 Å². The topological polar surface area (TPSA) is 83.5 Å². The molecule has 1 aromatic carbocycles. The summed E-state index contributed by atoms with van der Waals surface area (Å²) in [4.78, 5) is 11.3. The zero-order valence-corrected chi connectivity index (χ0v) is 13.3. The minimum Gasteiger partial charge on any atom is -0.480 e. The molecule has 118 valence electrons. The van der Waals surface area contributed by atoms with E-state index in [1.165, 1.54) is 0 Å². The number of rotatable bonds is 9. The molecule has 1 unspecified atom stereocenters. The predicted molar refractivity (Wildman–Crippen MR) is 82.6 cm³/mol. The van der Waals surface area contributed by atoms with Crippen molar-refractivity contribution in [2.24, 2.45) is 0 Å². The van der Waals surface area contributed by atoms with Gasteiger partial charge in [-0.1, -0.05) is 50.6 Å². The highest BCUT2D eigenvalue weighted by molar-refractivity contribution is 7.90. The van der Waals surface area contributed by atoms with Crippen molar-refractivity contribution in [2.45, 2.75) is 50.8 Å². The van der Waals surface area contributed by atoms with Gasteiger partial charge in [0.1, 0.15) is 6.04 Å². The fourth-order valence-electron chi connectivity index (χ4n) is 2.22. The van der Waals surface area contributed by atoms with Crippen molar-refractivity contribution in [3.8, 4) is 0 Å². The van der Waals surface area contributed by atoms with Crippen molar-refractivity contribution in [1.82, 2.24) is 4.72 Å². The molecule has 0 heterocycles. The second-order valence-electron chi connectivity index (χ2n) is 5.06. The fourth-order valence-corrected chi connectivity index (χ4v) is 3.98. The molecule has 2 N–H and O–H groups in total. The highest BCUT2D eigenvalue weighted by Crippen LogP contribution is 2.13. The largest absolute Gasteiger partial charge is 0.480 e. The van der Waals surface area contributed by atoms with Gasteiger partial charge < -0.3 is 5.11 Å². The second kappa shape index (κ2) is 8.14. The molecule has 0 amide bonds. The Hall–Kier alpha value is -1.40. The minimum atomic E-state index is -3.63. The van der Waals surface area contributed by atoms with E-state index in [1.807, 2.05) is 13.0 Å². The quantitative estimate of drug-likeness (QED) is 0.732. The van der Waals surface area contributed by atoms with Gasteiger partial charge in [0.05, 0.1) is 5.25 Å². The SMILES string of the molecule is CCCC(CC)S(=O)(=O)N[C@H](Cc1ccccc1)C(=O)O. The molecule has 1 rings (SSSR count).